The van der Waals surface area contributed by atoms with Crippen molar-refractivity contribution in [2.75, 3.05) is 7.11 Å². The number of ketones is 1. The van der Waals surface area contributed by atoms with Gasteiger partial charge in [0.15, 0.2) is 5.78 Å². The predicted molar refractivity (Wildman–Crippen MR) is 77.2 cm³/mol. The first-order chi connectivity index (χ1) is 9.52. The second-order valence-electron chi connectivity index (χ2n) is 4.50. The Hall–Kier alpha value is -1.87. The molecule has 0 spiro atoms. The molecule has 0 unspecified atom stereocenters. The maximum Gasteiger partial charge on any atom is 0.171 e. The summed E-state index contributed by atoms with van der Waals surface area (Å²) in [5, 5.41) is 0.255. The minimum atomic E-state index is -0.475. The number of aryl methyl sites for hydroxylation is 1. The lowest BCUT2D eigenvalue weighted by atomic mass is 10.00. The number of benzene rings is 2. The third-order valence-electron chi connectivity index (χ3n) is 3.05. The van der Waals surface area contributed by atoms with Crippen LogP contribution >= 0.6 is 11.6 Å². The van der Waals surface area contributed by atoms with E-state index in [1.807, 2.05) is 13.0 Å². The van der Waals surface area contributed by atoms with Crippen LogP contribution in [0.1, 0.15) is 21.5 Å². The van der Waals surface area contributed by atoms with Crippen molar-refractivity contribution in [1.29, 1.82) is 0 Å². The number of carbonyl (C=O) groups excluding carboxylic acids is 1. The smallest absolute Gasteiger partial charge is 0.171 e. The van der Waals surface area contributed by atoms with E-state index in [2.05, 4.69) is 0 Å². The Bertz CT molecular complexity index is 633. The Morgan fingerprint density at radius 1 is 1.30 bits per heavy atom. The molecule has 2 nitrogen and oxygen atoms in total. The normalized spacial score (nSPS) is 10.4. The number of methoxy groups -OCH3 is 1. The van der Waals surface area contributed by atoms with Crippen molar-refractivity contribution in [2.45, 2.75) is 13.3 Å². The molecule has 0 aliphatic rings. The predicted octanol–water partition coefficient (Wildman–Crippen LogP) is 4.22. The molecule has 0 aliphatic carbocycles. The van der Waals surface area contributed by atoms with Crippen LogP contribution in [0, 0.1) is 12.7 Å². The van der Waals surface area contributed by atoms with Gasteiger partial charge >= 0.3 is 0 Å². The van der Waals surface area contributed by atoms with Crippen LogP contribution in [0.4, 0.5) is 4.39 Å². The van der Waals surface area contributed by atoms with Gasteiger partial charge in [0.2, 0.25) is 0 Å². The Kier molecular flexibility index (Phi) is 4.40. The second kappa shape index (κ2) is 6.06. The lowest BCUT2D eigenvalue weighted by molar-refractivity contribution is 0.0989. The molecule has 0 fully saturated rings. The van der Waals surface area contributed by atoms with Gasteiger partial charge in [-0.2, -0.15) is 0 Å². The summed E-state index contributed by atoms with van der Waals surface area (Å²) < 4.78 is 18.9. The molecule has 2 aromatic rings. The summed E-state index contributed by atoms with van der Waals surface area (Å²) in [6.07, 6.45) is -0.0919. The molecular weight excluding hydrogens is 279 g/mol. The third-order valence-corrected chi connectivity index (χ3v) is 3.41. The van der Waals surface area contributed by atoms with Gasteiger partial charge in [-0.3, -0.25) is 4.79 Å². The van der Waals surface area contributed by atoms with Crippen molar-refractivity contribution >= 4 is 17.4 Å². The summed E-state index contributed by atoms with van der Waals surface area (Å²) in [5.41, 5.74) is 1.59. The highest BCUT2D eigenvalue weighted by Crippen LogP contribution is 2.25. The van der Waals surface area contributed by atoms with Crippen molar-refractivity contribution in [1.82, 2.24) is 0 Å². The molecule has 0 amide bonds. The summed E-state index contributed by atoms with van der Waals surface area (Å²) >= 11 is 5.94. The zero-order valence-electron chi connectivity index (χ0n) is 11.2. The molecule has 2 rings (SSSR count). The molecule has 0 N–H and O–H groups in total. The fourth-order valence-electron chi connectivity index (χ4n) is 2.00. The van der Waals surface area contributed by atoms with Gasteiger partial charge in [-0.15, -0.1) is 0 Å². The maximum absolute atomic E-state index is 13.7. The Morgan fingerprint density at radius 3 is 2.70 bits per heavy atom. The molecule has 0 saturated carbocycles. The van der Waals surface area contributed by atoms with Crippen molar-refractivity contribution in [3.05, 3.63) is 63.9 Å². The molecule has 0 atom stereocenters. The van der Waals surface area contributed by atoms with Gasteiger partial charge in [0.05, 0.1) is 12.7 Å². The topological polar surface area (TPSA) is 26.3 Å². The molecule has 0 heterocycles. The largest absolute Gasteiger partial charge is 0.496 e. The lowest BCUT2D eigenvalue weighted by Crippen LogP contribution is -2.08. The lowest BCUT2D eigenvalue weighted by Gasteiger charge is -2.10. The van der Waals surface area contributed by atoms with Crippen LogP contribution in [0.25, 0.3) is 0 Å². The molecule has 0 aliphatic heterocycles. The van der Waals surface area contributed by atoms with Crippen LogP contribution in [0.2, 0.25) is 5.02 Å². The van der Waals surface area contributed by atoms with E-state index in [1.54, 1.807) is 18.2 Å². The monoisotopic (exact) mass is 292 g/mol. The van der Waals surface area contributed by atoms with Gasteiger partial charge < -0.3 is 4.74 Å². The van der Waals surface area contributed by atoms with Crippen LogP contribution in [0.15, 0.2) is 36.4 Å². The fourth-order valence-corrected chi connectivity index (χ4v) is 2.23. The average molecular weight is 293 g/mol. The minimum Gasteiger partial charge on any atom is -0.496 e. The van der Waals surface area contributed by atoms with Crippen LogP contribution < -0.4 is 4.74 Å². The number of halogens is 2. The summed E-state index contributed by atoms with van der Waals surface area (Å²) in [7, 11) is 1.50. The van der Waals surface area contributed by atoms with Gasteiger partial charge in [-0.25, -0.2) is 4.39 Å². The van der Waals surface area contributed by atoms with Crippen LogP contribution in [-0.2, 0) is 6.42 Å². The first-order valence-corrected chi connectivity index (χ1v) is 6.51. The van der Waals surface area contributed by atoms with Crippen LogP contribution in [0.3, 0.4) is 0 Å². The molecule has 20 heavy (non-hydrogen) atoms. The number of Topliss-reactive ketones (excluding diaryl/α,β-unsaturated/α-hetero) is 1. The van der Waals surface area contributed by atoms with E-state index in [4.69, 9.17) is 16.3 Å². The van der Waals surface area contributed by atoms with Gasteiger partial charge in [0.25, 0.3) is 0 Å². The number of carbonyl (C=O) groups is 1. The second-order valence-corrected chi connectivity index (χ2v) is 4.91. The average Bonchev–Trinajstić information content (AvgIpc) is 2.43. The Labute approximate surface area is 122 Å². The number of ether oxygens (including phenoxy) is 1. The Balaban J connectivity index is 2.35. The molecule has 0 radical (unpaired) electrons. The van der Waals surface area contributed by atoms with Crippen molar-refractivity contribution in [2.24, 2.45) is 0 Å². The van der Waals surface area contributed by atoms with Crippen LogP contribution in [0.5, 0.6) is 5.75 Å². The van der Waals surface area contributed by atoms with Gasteiger partial charge in [0.1, 0.15) is 11.6 Å². The summed E-state index contributed by atoms with van der Waals surface area (Å²) in [6.45, 7) is 1.88. The first kappa shape index (κ1) is 14.5. The van der Waals surface area contributed by atoms with Crippen LogP contribution in [-0.4, -0.2) is 12.9 Å². The Morgan fingerprint density at radius 2 is 2.05 bits per heavy atom. The molecule has 0 saturated heterocycles. The standard InChI is InChI=1S/C16H14ClFO2/c1-10-6-7-16(20-2)12(8-10)15(19)9-11-13(17)4-3-5-14(11)18/h3-8H,9H2,1-2H3. The molecule has 2 aromatic carbocycles. The van der Waals surface area contributed by atoms with Crippen molar-refractivity contribution < 1.29 is 13.9 Å². The SMILES string of the molecule is COc1ccc(C)cc1C(=O)Cc1c(F)cccc1Cl. The summed E-state index contributed by atoms with van der Waals surface area (Å²) in [4.78, 5) is 12.3. The van der Waals surface area contributed by atoms with E-state index in [0.29, 0.717) is 11.3 Å². The minimum absolute atomic E-state index is 0.0919. The molecule has 0 bridgehead atoms. The summed E-state index contributed by atoms with van der Waals surface area (Å²) in [5.74, 6) is -0.219. The van der Waals surface area contributed by atoms with E-state index >= 15 is 0 Å². The molecule has 104 valence electrons. The highest BCUT2D eigenvalue weighted by atomic mass is 35.5. The first-order valence-electron chi connectivity index (χ1n) is 6.13. The molecular formula is C16H14ClFO2. The van der Waals surface area contributed by atoms with Crippen molar-refractivity contribution in [3.63, 3.8) is 0 Å². The van der Waals surface area contributed by atoms with E-state index < -0.39 is 5.82 Å². The quantitative estimate of drug-likeness (QED) is 0.789. The zero-order chi connectivity index (χ0) is 14.7. The summed E-state index contributed by atoms with van der Waals surface area (Å²) in [6, 6.07) is 9.69. The third kappa shape index (κ3) is 2.99. The van der Waals surface area contributed by atoms with E-state index in [-0.39, 0.29) is 22.8 Å². The molecule has 0 aromatic heterocycles. The number of rotatable bonds is 4. The number of hydrogen-bond acceptors (Lipinski definition) is 2. The van der Waals surface area contributed by atoms with E-state index in [1.165, 1.54) is 19.2 Å². The highest BCUT2D eigenvalue weighted by Gasteiger charge is 2.17. The van der Waals surface area contributed by atoms with E-state index in [0.717, 1.165) is 5.56 Å². The fraction of sp³-hybridized carbons (Fsp3) is 0.188. The number of hydrogen-bond donors (Lipinski definition) is 0. The highest BCUT2D eigenvalue weighted by molar-refractivity contribution is 6.31. The van der Waals surface area contributed by atoms with E-state index in [9.17, 15) is 9.18 Å². The van der Waals surface area contributed by atoms with Gasteiger partial charge in [0, 0.05) is 17.0 Å². The maximum atomic E-state index is 13.7. The van der Waals surface area contributed by atoms with Crippen molar-refractivity contribution in [3.8, 4) is 5.75 Å². The van der Waals surface area contributed by atoms with Gasteiger partial charge in [-0.1, -0.05) is 29.3 Å². The van der Waals surface area contributed by atoms with Gasteiger partial charge in [-0.05, 0) is 31.2 Å². The zero-order valence-corrected chi connectivity index (χ0v) is 12.0. The molecule has 4 heteroatoms.